The van der Waals surface area contributed by atoms with Gasteiger partial charge >= 0.3 is 0 Å². The molecule has 0 aliphatic carbocycles. The van der Waals surface area contributed by atoms with Crippen molar-refractivity contribution in [3.05, 3.63) is 52.8 Å². The monoisotopic (exact) mass is 375 g/mol. The number of rotatable bonds is 8. The van der Waals surface area contributed by atoms with Crippen molar-refractivity contribution >= 4 is 17.5 Å². The SMILES string of the molecule is CCOc1cc(CNn2nnnc2N)ccc1OCc1ccc(Cl)nc1. The molecule has 3 aromatic rings. The number of tetrazole rings is 1. The average Bonchev–Trinajstić information content (AvgIpc) is 3.06. The summed E-state index contributed by atoms with van der Waals surface area (Å²) in [5, 5.41) is 11.3. The lowest BCUT2D eigenvalue weighted by Gasteiger charge is -2.14. The Balaban J connectivity index is 1.67. The van der Waals surface area contributed by atoms with Gasteiger partial charge in [0, 0.05) is 11.8 Å². The van der Waals surface area contributed by atoms with Crippen molar-refractivity contribution < 1.29 is 9.47 Å². The minimum absolute atomic E-state index is 0.187. The van der Waals surface area contributed by atoms with Crippen LogP contribution in [0.15, 0.2) is 36.5 Å². The smallest absolute Gasteiger partial charge is 0.260 e. The summed E-state index contributed by atoms with van der Waals surface area (Å²) in [5.41, 5.74) is 10.5. The summed E-state index contributed by atoms with van der Waals surface area (Å²) in [6.45, 7) is 3.27. The summed E-state index contributed by atoms with van der Waals surface area (Å²) in [6.07, 6.45) is 1.68. The highest BCUT2D eigenvalue weighted by Gasteiger charge is 2.08. The molecular weight excluding hydrogens is 358 g/mol. The average molecular weight is 376 g/mol. The second-order valence-electron chi connectivity index (χ2n) is 5.28. The fourth-order valence-electron chi connectivity index (χ4n) is 2.18. The van der Waals surface area contributed by atoms with E-state index in [9.17, 15) is 0 Å². The summed E-state index contributed by atoms with van der Waals surface area (Å²) in [7, 11) is 0. The molecule has 136 valence electrons. The predicted molar refractivity (Wildman–Crippen MR) is 96.5 cm³/mol. The van der Waals surface area contributed by atoms with Crippen LogP contribution >= 0.6 is 11.6 Å². The van der Waals surface area contributed by atoms with E-state index in [0.29, 0.717) is 36.4 Å². The third-order valence-corrected chi connectivity index (χ3v) is 3.64. The van der Waals surface area contributed by atoms with Crippen molar-refractivity contribution in [1.82, 2.24) is 25.3 Å². The number of pyridine rings is 1. The largest absolute Gasteiger partial charge is 0.490 e. The fraction of sp³-hybridized carbons (Fsp3) is 0.250. The van der Waals surface area contributed by atoms with E-state index in [1.807, 2.05) is 31.2 Å². The highest BCUT2D eigenvalue weighted by Crippen LogP contribution is 2.29. The first-order valence-corrected chi connectivity index (χ1v) is 8.30. The molecule has 0 amide bonds. The molecule has 0 saturated carbocycles. The Bertz CT molecular complexity index is 854. The van der Waals surface area contributed by atoms with Gasteiger partial charge in [-0.3, -0.25) is 0 Å². The highest BCUT2D eigenvalue weighted by molar-refractivity contribution is 6.29. The number of nitrogens with zero attached hydrogens (tertiary/aromatic N) is 5. The molecule has 1 aromatic carbocycles. The zero-order valence-corrected chi connectivity index (χ0v) is 14.8. The maximum atomic E-state index is 5.85. The molecule has 3 N–H and O–H groups in total. The zero-order valence-electron chi connectivity index (χ0n) is 14.1. The van der Waals surface area contributed by atoms with Crippen molar-refractivity contribution in [2.75, 3.05) is 17.8 Å². The molecule has 0 aliphatic heterocycles. The van der Waals surface area contributed by atoms with Crippen LogP contribution in [0.25, 0.3) is 0 Å². The summed E-state index contributed by atoms with van der Waals surface area (Å²) in [4.78, 5) is 5.34. The van der Waals surface area contributed by atoms with E-state index >= 15 is 0 Å². The number of halogens is 1. The number of ether oxygens (including phenoxy) is 2. The molecule has 0 fully saturated rings. The lowest BCUT2D eigenvalue weighted by Crippen LogP contribution is -2.18. The molecular formula is C16H18ClN7O2. The number of hydrogen-bond acceptors (Lipinski definition) is 8. The van der Waals surface area contributed by atoms with Gasteiger partial charge < -0.3 is 20.6 Å². The number of anilines is 1. The van der Waals surface area contributed by atoms with Crippen LogP contribution in [-0.2, 0) is 13.2 Å². The van der Waals surface area contributed by atoms with Crippen LogP contribution < -0.4 is 20.6 Å². The second kappa shape index (κ2) is 8.34. The van der Waals surface area contributed by atoms with Gasteiger partial charge in [-0.15, -0.1) is 4.79 Å². The van der Waals surface area contributed by atoms with Crippen molar-refractivity contribution in [3.63, 3.8) is 0 Å². The quantitative estimate of drug-likeness (QED) is 0.575. The molecule has 0 unspecified atom stereocenters. The minimum atomic E-state index is 0.187. The van der Waals surface area contributed by atoms with E-state index in [1.165, 1.54) is 4.79 Å². The first-order valence-electron chi connectivity index (χ1n) is 7.92. The maximum Gasteiger partial charge on any atom is 0.260 e. The van der Waals surface area contributed by atoms with Crippen molar-refractivity contribution in [2.24, 2.45) is 0 Å². The second-order valence-corrected chi connectivity index (χ2v) is 5.66. The first kappa shape index (κ1) is 17.7. The minimum Gasteiger partial charge on any atom is -0.490 e. The summed E-state index contributed by atoms with van der Waals surface area (Å²) in [5.74, 6) is 1.48. The van der Waals surface area contributed by atoms with Gasteiger partial charge in [0.25, 0.3) is 5.95 Å². The van der Waals surface area contributed by atoms with Crippen molar-refractivity contribution in [1.29, 1.82) is 0 Å². The highest BCUT2D eigenvalue weighted by atomic mass is 35.5. The molecule has 26 heavy (non-hydrogen) atoms. The van der Waals surface area contributed by atoms with Gasteiger partial charge in [0.05, 0.1) is 13.2 Å². The van der Waals surface area contributed by atoms with E-state index < -0.39 is 0 Å². The molecule has 0 atom stereocenters. The summed E-state index contributed by atoms with van der Waals surface area (Å²) < 4.78 is 11.5. The molecule has 10 heteroatoms. The van der Waals surface area contributed by atoms with Crippen LogP contribution in [0.4, 0.5) is 5.95 Å². The van der Waals surface area contributed by atoms with E-state index in [4.69, 9.17) is 26.8 Å². The maximum absolute atomic E-state index is 5.85. The molecule has 0 bridgehead atoms. The molecule has 2 aromatic heterocycles. The molecule has 0 spiro atoms. The number of aromatic nitrogens is 5. The van der Waals surface area contributed by atoms with Crippen LogP contribution in [0, 0.1) is 0 Å². The van der Waals surface area contributed by atoms with Gasteiger partial charge in [0.1, 0.15) is 11.8 Å². The lowest BCUT2D eigenvalue weighted by atomic mass is 10.2. The fourth-order valence-corrected chi connectivity index (χ4v) is 2.29. The number of nitrogens with two attached hydrogens (primary N) is 1. The topological polar surface area (TPSA) is 113 Å². The normalized spacial score (nSPS) is 10.5. The van der Waals surface area contributed by atoms with Gasteiger partial charge in [-0.25, -0.2) is 4.98 Å². The number of hydrogen-bond donors (Lipinski definition) is 2. The van der Waals surface area contributed by atoms with Gasteiger partial charge in [-0.05, 0) is 41.1 Å². The van der Waals surface area contributed by atoms with Gasteiger partial charge in [0.2, 0.25) is 0 Å². The van der Waals surface area contributed by atoms with E-state index in [-0.39, 0.29) is 5.95 Å². The Hall–Kier alpha value is -3.07. The Morgan fingerprint density at radius 1 is 1.15 bits per heavy atom. The van der Waals surface area contributed by atoms with Gasteiger partial charge in [-0.1, -0.05) is 28.8 Å². The molecule has 2 heterocycles. The zero-order chi connectivity index (χ0) is 18.4. The molecule has 9 nitrogen and oxygen atoms in total. The van der Waals surface area contributed by atoms with Gasteiger partial charge in [0.15, 0.2) is 11.5 Å². The summed E-state index contributed by atoms with van der Waals surface area (Å²) >= 11 is 5.79. The van der Waals surface area contributed by atoms with Gasteiger partial charge in [-0.2, -0.15) is 0 Å². The van der Waals surface area contributed by atoms with E-state index in [0.717, 1.165) is 11.1 Å². The van der Waals surface area contributed by atoms with Crippen LogP contribution in [0.2, 0.25) is 5.15 Å². The Morgan fingerprint density at radius 3 is 2.69 bits per heavy atom. The number of benzene rings is 1. The molecule has 0 saturated heterocycles. The number of nitrogens with one attached hydrogen (secondary N) is 1. The third-order valence-electron chi connectivity index (χ3n) is 3.42. The lowest BCUT2D eigenvalue weighted by molar-refractivity contribution is 0.269. The Labute approximate surface area is 155 Å². The first-order chi connectivity index (χ1) is 12.7. The number of nitrogen functional groups attached to an aromatic ring is 1. The standard InChI is InChI=1S/C16H18ClN7O2/c1-2-25-14-7-11(9-20-24-16(18)21-22-23-24)3-5-13(14)26-10-12-4-6-15(17)19-8-12/h3-8,20H,2,9-10H2,1H3,(H2,18,21,23). The van der Waals surface area contributed by atoms with Crippen LogP contribution in [-0.4, -0.2) is 31.9 Å². The van der Waals surface area contributed by atoms with E-state index in [2.05, 4.69) is 25.9 Å². The van der Waals surface area contributed by atoms with Crippen molar-refractivity contribution in [3.8, 4) is 11.5 Å². The molecule has 3 rings (SSSR count). The Kier molecular flexibility index (Phi) is 5.69. The molecule has 0 aliphatic rings. The Morgan fingerprint density at radius 2 is 2.00 bits per heavy atom. The predicted octanol–water partition coefficient (Wildman–Crippen LogP) is 2.03. The van der Waals surface area contributed by atoms with Crippen LogP contribution in [0.3, 0.4) is 0 Å². The van der Waals surface area contributed by atoms with Crippen molar-refractivity contribution in [2.45, 2.75) is 20.1 Å². The molecule has 0 radical (unpaired) electrons. The third kappa shape index (κ3) is 4.51. The van der Waals surface area contributed by atoms with E-state index in [1.54, 1.807) is 12.3 Å². The van der Waals surface area contributed by atoms with Crippen LogP contribution in [0.5, 0.6) is 11.5 Å². The van der Waals surface area contributed by atoms with Crippen LogP contribution in [0.1, 0.15) is 18.1 Å². The summed E-state index contributed by atoms with van der Waals surface area (Å²) in [6, 6.07) is 9.26.